The highest BCUT2D eigenvalue weighted by Gasteiger charge is 2.13. The number of nitrogens with zero attached hydrogens (tertiary/aromatic N) is 1. The van der Waals surface area contributed by atoms with Gasteiger partial charge in [-0.25, -0.2) is 0 Å². The summed E-state index contributed by atoms with van der Waals surface area (Å²) in [4.78, 5) is 2.70. The summed E-state index contributed by atoms with van der Waals surface area (Å²) in [6, 6.07) is 0. The topological polar surface area (TPSA) is 3.24 Å². The minimum Gasteiger partial charge on any atom is -0.375 e. The Balaban J connectivity index is 4.20. The van der Waals surface area contributed by atoms with Gasteiger partial charge in [0, 0.05) is 18.8 Å². The molecule has 0 aromatic carbocycles. The highest BCUT2D eigenvalue weighted by atomic mass is 15.1. The van der Waals surface area contributed by atoms with Gasteiger partial charge in [0.15, 0.2) is 0 Å². The largest absolute Gasteiger partial charge is 0.375 e. The molecular formula is C41H83N. The molecule has 0 aliphatic heterocycles. The van der Waals surface area contributed by atoms with Crippen LogP contribution >= 0.6 is 0 Å². The molecule has 0 fully saturated rings. The summed E-state index contributed by atoms with van der Waals surface area (Å²) in [6.07, 6.45) is 41.0. The summed E-state index contributed by atoms with van der Waals surface area (Å²) in [5.74, 6) is 0.823. The third-order valence-electron chi connectivity index (χ3n) is 9.56. The third kappa shape index (κ3) is 31.0. The summed E-state index contributed by atoms with van der Waals surface area (Å²) in [6.45, 7) is 21.3. The van der Waals surface area contributed by atoms with Crippen LogP contribution in [0.15, 0.2) is 12.3 Å². The van der Waals surface area contributed by atoms with Gasteiger partial charge in [0.2, 0.25) is 0 Å². The highest BCUT2D eigenvalue weighted by Crippen LogP contribution is 2.26. The maximum Gasteiger partial charge on any atom is 0.0174 e. The first-order valence-electron chi connectivity index (χ1n) is 19.7. The number of hydrogen-bond donors (Lipinski definition) is 0. The molecule has 1 unspecified atom stereocenters. The predicted molar refractivity (Wildman–Crippen MR) is 195 cm³/mol. The summed E-state index contributed by atoms with van der Waals surface area (Å²) in [5, 5.41) is 0. The Morgan fingerprint density at radius 1 is 0.500 bits per heavy atom. The van der Waals surface area contributed by atoms with Crippen molar-refractivity contribution in [2.45, 2.75) is 228 Å². The average Bonchev–Trinajstić information content (AvgIpc) is 2.95. The molecular weight excluding hydrogens is 506 g/mol. The molecule has 0 bridgehead atoms. The Hall–Kier alpha value is -0.460. The van der Waals surface area contributed by atoms with Crippen LogP contribution in [0.1, 0.15) is 228 Å². The molecule has 0 heterocycles. The molecule has 0 aromatic heterocycles. The SMILES string of the molecule is C=C(CCC(C)CCCC(C)(C)C)N(CCCCCCCCCCCCCC)CCCCCCCCCCCCCC. The second kappa shape index (κ2) is 30.6. The van der Waals surface area contributed by atoms with Crippen LogP contribution in [0.25, 0.3) is 0 Å². The Labute approximate surface area is 268 Å². The zero-order valence-corrected chi connectivity index (χ0v) is 30.7. The second-order valence-electron chi connectivity index (χ2n) is 15.4. The lowest BCUT2D eigenvalue weighted by molar-refractivity contribution is 0.301. The van der Waals surface area contributed by atoms with E-state index < -0.39 is 0 Å². The summed E-state index contributed by atoms with van der Waals surface area (Å²) < 4.78 is 0. The summed E-state index contributed by atoms with van der Waals surface area (Å²) in [7, 11) is 0. The molecule has 252 valence electrons. The van der Waals surface area contributed by atoms with Crippen LogP contribution in [0.5, 0.6) is 0 Å². The van der Waals surface area contributed by atoms with Gasteiger partial charge in [-0.05, 0) is 43.4 Å². The first kappa shape index (κ1) is 41.5. The Bertz CT molecular complexity index is 516. The molecule has 0 radical (unpaired) electrons. The summed E-state index contributed by atoms with van der Waals surface area (Å²) in [5.41, 5.74) is 1.91. The summed E-state index contributed by atoms with van der Waals surface area (Å²) >= 11 is 0. The molecule has 0 saturated heterocycles. The van der Waals surface area contributed by atoms with E-state index in [1.807, 2.05) is 0 Å². The Morgan fingerprint density at radius 3 is 1.17 bits per heavy atom. The van der Waals surface area contributed by atoms with Crippen molar-refractivity contribution in [2.24, 2.45) is 11.3 Å². The van der Waals surface area contributed by atoms with Crippen molar-refractivity contribution in [1.29, 1.82) is 0 Å². The van der Waals surface area contributed by atoms with Gasteiger partial charge in [-0.15, -0.1) is 0 Å². The lowest BCUT2D eigenvalue weighted by atomic mass is 9.87. The van der Waals surface area contributed by atoms with Crippen molar-refractivity contribution in [2.75, 3.05) is 13.1 Å². The molecule has 1 nitrogen and oxygen atoms in total. The van der Waals surface area contributed by atoms with Gasteiger partial charge in [0.05, 0.1) is 0 Å². The quantitative estimate of drug-likeness (QED) is 0.0688. The molecule has 0 aliphatic rings. The minimum absolute atomic E-state index is 0.475. The number of unbranched alkanes of at least 4 members (excludes halogenated alkanes) is 22. The number of hydrogen-bond acceptors (Lipinski definition) is 1. The van der Waals surface area contributed by atoms with Crippen LogP contribution in [0.4, 0.5) is 0 Å². The van der Waals surface area contributed by atoms with E-state index in [1.54, 1.807) is 0 Å². The van der Waals surface area contributed by atoms with Gasteiger partial charge < -0.3 is 4.90 Å². The lowest BCUT2D eigenvalue weighted by Gasteiger charge is -2.28. The van der Waals surface area contributed by atoms with E-state index in [0.717, 1.165) is 5.92 Å². The highest BCUT2D eigenvalue weighted by molar-refractivity contribution is 4.94. The van der Waals surface area contributed by atoms with E-state index in [0.29, 0.717) is 5.41 Å². The van der Waals surface area contributed by atoms with E-state index in [9.17, 15) is 0 Å². The lowest BCUT2D eigenvalue weighted by Crippen LogP contribution is -2.25. The fourth-order valence-corrected chi connectivity index (χ4v) is 6.41. The molecule has 0 amide bonds. The zero-order valence-electron chi connectivity index (χ0n) is 30.7. The van der Waals surface area contributed by atoms with Gasteiger partial charge in [-0.2, -0.15) is 0 Å². The second-order valence-corrected chi connectivity index (χ2v) is 15.4. The van der Waals surface area contributed by atoms with Crippen LogP contribution in [0.2, 0.25) is 0 Å². The monoisotopic (exact) mass is 590 g/mol. The molecule has 0 rings (SSSR count). The first-order chi connectivity index (χ1) is 20.3. The fourth-order valence-electron chi connectivity index (χ4n) is 6.41. The smallest absolute Gasteiger partial charge is 0.0174 e. The first-order valence-corrected chi connectivity index (χ1v) is 19.7. The third-order valence-corrected chi connectivity index (χ3v) is 9.56. The van der Waals surface area contributed by atoms with E-state index in [-0.39, 0.29) is 0 Å². The zero-order chi connectivity index (χ0) is 31.2. The average molecular weight is 590 g/mol. The normalized spacial score (nSPS) is 12.6. The maximum atomic E-state index is 4.62. The molecule has 0 aliphatic carbocycles. The van der Waals surface area contributed by atoms with Gasteiger partial charge in [-0.1, -0.05) is 202 Å². The molecule has 0 N–H and O–H groups in total. The van der Waals surface area contributed by atoms with Gasteiger partial charge in [-0.3, -0.25) is 0 Å². The van der Waals surface area contributed by atoms with Crippen molar-refractivity contribution >= 4 is 0 Å². The molecule has 0 spiro atoms. The molecule has 1 atom stereocenters. The van der Waals surface area contributed by atoms with E-state index >= 15 is 0 Å². The van der Waals surface area contributed by atoms with Crippen LogP contribution < -0.4 is 0 Å². The van der Waals surface area contributed by atoms with Crippen LogP contribution in [0, 0.1) is 11.3 Å². The van der Waals surface area contributed by atoms with E-state index in [4.69, 9.17) is 0 Å². The van der Waals surface area contributed by atoms with Crippen molar-refractivity contribution in [3.05, 3.63) is 12.3 Å². The van der Waals surface area contributed by atoms with Gasteiger partial charge in [0.25, 0.3) is 0 Å². The van der Waals surface area contributed by atoms with E-state index in [2.05, 4.69) is 53.0 Å². The minimum atomic E-state index is 0.475. The van der Waals surface area contributed by atoms with Crippen LogP contribution in [-0.2, 0) is 0 Å². The van der Waals surface area contributed by atoms with E-state index in [1.165, 1.54) is 205 Å². The van der Waals surface area contributed by atoms with Crippen molar-refractivity contribution < 1.29 is 0 Å². The molecule has 42 heavy (non-hydrogen) atoms. The van der Waals surface area contributed by atoms with Gasteiger partial charge in [0.1, 0.15) is 0 Å². The Morgan fingerprint density at radius 2 is 0.833 bits per heavy atom. The maximum absolute atomic E-state index is 4.62. The van der Waals surface area contributed by atoms with Crippen LogP contribution in [0.3, 0.4) is 0 Å². The standard InChI is InChI=1S/C41H83N/c1-8-10-12-14-16-18-20-22-24-26-28-30-37-42(40(4)35-34-39(3)33-32-36-41(5,6)7)38-31-29-27-25-23-21-19-17-15-13-11-9-2/h39H,4,8-38H2,1-3,5-7H3. The van der Waals surface area contributed by atoms with Crippen molar-refractivity contribution in [1.82, 2.24) is 4.90 Å². The van der Waals surface area contributed by atoms with Gasteiger partial charge >= 0.3 is 0 Å². The van der Waals surface area contributed by atoms with Crippen molar-refractivity contribution in [3.63, 3.8) is 0 Å². The molecule has 0 aromatic rings. The predicted octanol–water partition coefficient (Wildman–Crippen LogP) is 14.8. The molecule has 1 heteroatoms. The van der Waals surface area contributed by atoms with Crippen LogP contribution in [-0.4, -0.2) is 18.0 Å². The Kier molecular flexibility index (Phi) is 30.2. The van der Waals surface area contributed by atoms with Crippen molar-refractivity contribution in [3.8, 4) is 0 Å². The number of rotatable bonds is 33. The molecule has 0 saturated carbocycles. The fraction of sp³-hybridized carbons (Fsp3) is 0.951. The number of allylic oxidation sites excluding steroid dienone is 1.